The molecule has 0 N–H and O–H groups in total. The number of benzene rings is 1. The van der Waals surface area contributed by atoms with Gasteiger partial charge in [-0.2, -0.15) is 0 Å². The molecule has 29 heavy (non-hydrogen) atoms. The topological polar surface area (TPSA) is 93.9 Å². The number of fused-ring (bicyclic) bond motifs is 2. The molecular formula is C22H23NO6. The summed E-state index contributed by atoms with van der Waals surface area (Å²) in [5, 5.41) is 0.694. The number of aryl methyl sites for hydroxylation is 2. The van der Waals surface area contributed by atoms with Crippen molar-refractivity contribution in [2.24, 2.45) is 11.8 Å². The van der Waals surface area contributed by atoms with Crippen LogP contribution in [0.4, 0.5) is 0 Å². The number of rotatable bonds is 4. The molecule has 4 rings (SSSR count). The number of carbonyl (C=O) groups excluding carboxylic acids is 3. The maximum atomic E-state index is 12.5. The Balaban J connectivity index is 1.48. The smallest absolute Gasteiger partial charge is 0.336 e. The lowest BCUT2D eigenvalue weighted by Gasteiger charge is -2.19. The lowest BCUT2D eigenvalue weighted by Crippen LogP contribution is -2.36. The van der Waals surface area contributed by atoms with Crippen LogP contribution in [0.5, 0.6) is 0 Å². The van der Waals surface area contributed by atoms with E-state index in [1.54, 1.807) is 0 Å². The number of amides is 2. The summed E-state index contributed by atoms with van der Waals surface area (Å²) in [5.41, 5.74) is 2.31. The molecule has 0 unspecified atom stereocenters. The summed E-state index contributed by atoms with van der Waals surface area (Å²) in [6, 6.07) is 5.03. The molecule has 2 atom stereocenters. The van der Waals surface area contributed by atoms with E-state index in [0.717, 1.165) is 28.9 Å². The highest BCUT2D eigenvalue weighted by molar-refractivity contribution is 6.07. The van der Waals surface area contributed by atoms with Crippen LogP contribution in [0.25, 0.3) is 11.0 Å². The Morgan fingerprint density at radius 1 is 1.10 bits per heavy atom. The quantitative estimate of drug-likeness (QED) is 0.447. The molecule has 0 bridgehead atoms. The predicted molar refractivity (Wildman–Crippen MR) is 104 cm³/mol. The maximum absolute atomic E-state index is 12.5. The highest BCUT2D eigenvalue weighted by atomic mass is 16.5. The Kier molecular flexibility index (Phi) is 4.98. The Labute approximate surface area is 167 Å². The van der Waals surface area contributed by atoms with Crippen LogP contribution in [0.1, 0.15) is 42.4 Å². The second kappa shape index (κ2) is 7.46. The van der Waals surface area contributed by atoms with Gasteiger partial charge in [-0.05, 0) is 37.8 Å². The Morgan fingerprint density at radius 3 is 2.41 bits per heavy atom. The molecule has 2 heterocycles. The fourth-order valence-corrected chi connectivity index (χ4v) is 4.36. The number of carbonyl (C=O) groups is 3. The molecule has 1 saturated heterocycles. The van der Waals surface area contributed by atoms with Gasteiger partial charge in [0.1, 0.15) is 18.7 Å². The molecule has 7 nitrogen and oxygen atoms in total. The van der Waals surface area contributed by atoms with E-state index in [-0.39, 0.29) is 36.8 Å². The van der Waals surface area contributed by atoms with E-state index in [4.69, 9.17) is 9.15 Å². The first kappa shape index (κ1) is 19.4. The van der Waals surface area contributed by atoms with Crippen molar-refractivity contribution in [3.63, 3.8) is 0 Å². The Bertz CT molecular complexity index is 1040. The third kappa shape index (κ3) is 3.45. The van der Waals surface area contributed by atoms with Crippen LogP contribution in [-0.2, 0) is 25.7 Å². The summed E-state index contributed by atoms with van der Waals surface area (Å²) in [4.78, 5) is 50.3. The molecule has 0 radical (unpaired) electrons. The normalized spacial score (nSPS) is 21.5. The SMILES string of the molecule is Cc1ccc2c(COC(=O)CN3C(=O)[C@H]4CCCC[C@@H]4C3=O)cc(=O)oc2c1C. The summed E-state index contributed by atoms with van der Waals surface area (Å²) in [5.74, 6) is -1.80. The molecule has 2 fully saturated rings. The zero-order chi connectivity index (χ0) is 20.7. The van der Waals surface area contributed by atoms with E-state index in [1.807, 2.05) is 26.0 Å². The minimum atomic E-state index is -0.671. The number of esters is 1. The summed E-state index contributed by atoms with van der Waals surface area (Å²) >= 11 is 0. The standard InChI is InChI=1S/C22H23NO6/c1-12-7-8-15-14(9-18(24)29-20(15)13(12)2)11-28-19(25)10-23-21(26)16-5-3-4-6-17(16)22(23)27/h7-9,16-17H,3-6,10-11H2,1-2H3/t16-,17-/m0/s1. The molecule has 2 aromatic rings. The van der Waals surface area contributed by atoms with Gasteiger partial charge in [-0.15, -0.1) is 0 Å². The first-order valence-electron chi connectivity index (χ1n) is 9.90. The van der Waals surface area contributed by atoms with Crippen molar-refractivity contribution < 1.29 is 23.5 Å². The van der Waals surface area contributed by atoms with E-state index in [9.17, 15) is 19.2 Å². The van der Waals surface area contributed by atoms with Gasteiger partial charge in [-0.3, -0.25) is 19.3 Å². The lowest BCUT2D eigenvalue weighted by atomic mass is 9.81. The zero-order valence-electron chi connectivity index (χ0n) is 16.5. The summed E-state index contributed by atoms with van der Waals surface area (Å²) in [6.07, 6.45) is 3.26. The number of imide groups is 1. The summed E-state index contributed by atoms with van der Waals surface area (Å²) in [7, 11) is 0. The average Bonchev–Trinajstić information content (AvgIpc) is 2.94. The number of ether oxygens (including phenoxy) is 1. The van der Waals surface area contributed by atoms with E-state index in [1.165, 1.54) is 6.07 Å². The predicted octanol–water partition coefficient (Wildman–Crippen LogP) is 2.63. The van der Waals surface area contributed by atoms with Gasteiger partial charge in [0.15, 0.2) is 0 Å². The summed E-state index contributed by atoms with van der Waals surface area (Å²) in [6.45, 7) is 3.26. The second-order valence-electron chi connectivity index (χ2n) is 7.90. The first-order valence-corrected chi connectivity index (χ1v) is 9.90. The fraction of sp³-hybridized carbons (Fsp3) is 0.455. The molecule has 1 aromatic carbocycles. The van der Waals surface area contributed by atoms with E-state index >= 15 is 0 Å². The van der Waals surface area contributed by atoms with Crippen molar-refractivity contribution in [1.82, 2.24) is 4.90 Å². The highest BCUT2D eigenvalue weighted by Gasteiger charge is 2.48. The highest BCUT2D eigenvalue weighted by Crippen LogP contribution is 2.37. The van der Waals surface area contributed by atoms with Crippen LogP contribution >= 0.6 is 0 Å². The molecule has 152 valence electrons. The molecular weight excluding hydrogens is 374 g/mol. The molecule has 7 heteroatoms. The average molecular weight is 397 g/mol. The Morgan fingerprint density at radius 2 is 1.76 bits per heavy atom. The number of nitrogens with zero attached hydrogens (tertiary/aromatic N) is 1. The van der Waals surface area contributed by atoms with Crippen molar-refractivity contribution >= 4 is 28.8 Å². The number of hydrogen-bond acceptors (Lipinski definition) is 6. The third-order valence-corrected chi connectivity index (χ3v) is 6.13. The van der Waals surface area contributed by atoms with Gasteiger partial charge in [0, 0.05) is 17.0 Å². The second-order valence-corrected chi connectivity index (χ2v) is 7.90. The van der Waals surface area contributed by atoms with E-state index in [0.29, 0.717) is 29.4 Å². The van der Waals surface area contributed by atoms with Gasteiger partial charge in [0.05, 0.1) is 11.8 Å². The van der Waals surface area contributed by atoms with Crippen molar-refractivity contribution in [3.05, 3.63) is 45.3 Å². The van der Waals surface area contributed by atoms with Crippen molar-refractivity contribution in [2.75, 3.05) is 6.54 Å². The van der Waals surface area contributed by atoms with Crippen LogP contribution in [0.3, 0.4) is 0 Å². The Hall–Kier alpha value is -2.96. The van der Waals surface area contributed by atoms with Crippen molar-refractivity contribution in [3.8, 4) is 0 Å². The lowest BCUT2D eigenvalue weighted by molar-refractivity contribution is -0.153. The molecule has 1 aromatic heterocycles. The van der Waals surface area contributed by atoms with Crippen LogP contribution in [0.15, 0.2) is 27.4 Å². The molecule has 2 amide bonds. The minimum absolute atomic E-state index is 0.132. The fourth-order valence-electron chi connectivity index (χ4n) is 4.36. The van der Waals surface area contributed by atoms with Gasteiger partial charge in [-0.25, -0.2) is 4.79 Å². The molecule has 1 saturated carbocycles. The number of hydrogen-bond donors (Lipinski definition) is 0. The molecule has 2 aliphatic rings. The molecule has 1 aliphatic heterocycles. The van der Waals surface area contributed by atoms with Crippen LogP contribution in [0, 0.1) is 25.7 Å². The van der Waals surface area contributed by atoms with Gasteiger partial charge in [0.2, 0.25) is 11.8 Å². The largest absolute Gasteiger partial charge is 0.459 e. The molecule has 0 spiro atoms. The van der Waals surface area contributed by atoms with Crippen molar-refractivity contribution in [1.29, 1.82) is 0 Å². The molecule has 1 aliphatic carbocycles. The van der Waals surface area contributed by atoms with E-state index in [2.05, 4.69) is 0 Å². The zero-order valence-corrected chi connectivity index (χ0v) is 16.5. The number of likely N-dealkylation sites (tertiary alicyclic amines) is 1. The van der Waals surface area contributed by atoms with Crippen LogP contribution in [-0.4, -0.2) is 29.2 Å². The van der Waals surface area contributed by atoms with Gasteiger partial charge in [0.25, 0.3) is 0 Å². The van der Waals surface area contributed by atoms with Gasteiger partial charge in [-0.1, -0.05) is 25.0 Å². The monoisotopic (exact) mass is 397 g/mol. The minimum Gasteiger partial charge on any atom is -0.459 e. The maximum Gasteiger partial charge on any atom is 0.336 e. The third-order valence-electron chi connectivity index (χ3n) is 6.13. The van der Waals surface area contributed by atoms with Crippen LogP contribution in [0.2, 0.25) is 0 Å². The van der Waals surface area contributed by atoms with E-state index < -0.39 is 11.6 Å². The van der Waals surface area contributed by atoms with Gasteiger partial charge >= 0.3 is 11.6 Å². The van der Waals surface area contributed by atoms with Crippen molar-refractivity contribution in [2.45, 2.75) is 46.1 Å². The summed E-state index contributed by atoms with van der Waals surface area (Å²) < 4.78 is 10.6. The van der Waals surface area contributed by atoms with Gasteiger partial charge < -0.3 is 9.15 Å². The first-order chi connectivity index (χ1) is 13.9. The van der Waals surface area contributed by atoms with Crippen LogP contribution < -0.4 is 5.63 Å².